The van der Waals surface area contributed by atoms with Crippen LogP contribution >= 0.6 is 11.6 Å². The van der Waals surface area contributed by atoms with Crippen molar-refractivity contribution in [2.75, 3.05) is 43.4 Å². The highest BCUT2D eigenvalue weighted by atomic mass is 35.5. The zero-order chi connectivity index (χ0) is 19.6. The molecule has 0 radical (unpaired) electrons. The highest BCUT2D eigenvalue weighted by molar-refractivity contribution is 6.29. The average molecular weight is 394 g/mol. The van der Waals surface area contributed by atoms with Gasteiger partial charge in [-0.15, -0.1) is 10.2 Å². The summed E-state index contributed by atoms with van der Waals surface area (Å²) in [5.41, 5.74) is 1.20. The van der Waals surface area contributed by atoms with Crippen LogP contribution < -0.4 is 10.2 Å². The molecule has 2 aromatic rings. The molecule has 2 aromatic heterocycles. The van der Waals surface area contributed by atoms with Crippen molar-refractivity contribution in [1.82, 2.24) is 24.9 Å². The number of anilines is 2. The Balaban J connectivity index is 1.67. The molecule has 0 unspecified atom stereocenters. The molecule has 0 aromatic carbocycles. The van der Waals surface area contributed by atoms with E-state index in [4.69, 9.17) is 16.3 Å². The Labute approximate surface area is 163 Å². The number of rotatable bonds is 3. The highest BCUT2D eigenvalue weighted by Crippen LogP contribution is 2.23. The Morgan fingerprint density at radius 3 is 2.56 bits per heavy atom. The smallest absolute Gasteiger partial charge is 0.410 e. The van der Waals surface area contributed by atoms with Crippen LogP contribution in [0.5, 0.6) is 0 Å². The first-order valence-corrected chi connectivity index (χ1v) is 9.13. The van der Waals surface area contributed by atoms with Gasteiger partial charge >= 0.3 is 6.09 Å². The lowest BCUT2D eigenvalue weighted by atomic mass is 10.2. The lowest BCUT2D eigenvalue weighted by Gasteiger charge is -2.36. The summed E-state index contributed by atoms with van der Waals surface area (Å²) in [5.74, 6) is 0.587. The number of hydrogen-bond acceptors (Lipinski definition) is 7. The monoisotopic (exact) mass is 393 g/mol. The Kier molecular flexibility index (Phi) is 5.41. The van der Waals surface area contributed by atoms with Gasteiger partial charge in [0.15, 0.2) is 11.0 Å². The summed E-state index contributed by atoms with van der Waals surface area (Å²) in [6.45, 7) is 8.23. The molecular weight excluding hydrogens is 370 g/mol. The number of nitrogens with one attached hydrogen (secondary N) is 1. The van der Waals surface area contributed by atoms with Crippen molar-refractivity contribution in [3.63, 3.8) is 0 Å². The quantitative estimate of drug-likeness (QED) is 0.856. The third-order valence-electron chi connectivity index (χ3n) is 4.09. The molecule has 0 spiro atoms. The maximum atomic E-state index is 12.2. The zero-order valence-corrected chi connectivity index (χ0v) is 16.7. The summed E-state index contributed by atoms with van der Waals surface area (Å²) in [4.78, 5) is 16.1. The van der Waals surface area contributed by atoms with Crippen LogP contribution in [0.3, 0.4) is 0 Å². The van der Waals surface area contributed by atoms with Crippen molar-refractivity contribution in [3.05, 3.63) is 23.6 Å². The Morgan fingerprint density at radius 2 is 1.93 bits per heavy atom. The molecule has 1 aliphatic heterocycles. The minimum absolute atomic E-state index is 0.269. The standard InChI is InChI=1S/C17H24ClN7O2/c1-17(2,3)27-16(26)24-7-5-23(6-8-24)12-10-20-25(11-12)13-9-14(18)21-22-15(13)19-4/h9-11H,5-8H2,1-4H3,(H,19,22). The fraction of sp³-hybridized carbons (Fsp3) is 0.529. The maximum Gasteiger partial charge on any atom is 0.410 e. The van der Waals surface area contributed by atoms with Crippen molar-refractivity contribution >= 4 is 29.2 Å². The molecule has 0 atom stereocenters. The van der Waals surface area contributed by atoms with Gasteiger partial charge < -0.3 is 19.9 Å². The van der Waals surface area contributed by atoms with Gasteiger partial charge in [0.2, 0.25) is 0 Å². The van der Waals surface area contributed by atoms with Crippen LogP contribution in [0.2, 0.25) is 5.15 Å². The third kappa shape index (κ3) is 4.60. The highest BCUT2D eigenvalue weighted by Gasteiger charge is 2.26. The van der Waals surface area contributed by atoms with Crippen molar-refractivity contribution in [3.8, 4) is 5.69 Å². The number of ether oxygens (including phenoxy) is 1. The first-order valence-electron chi connectivity index (χ1n) is 8.76. The summed E-state index contributed by atoms with van der Waals surface area (Å²) in [6, 6.07) is 1.71. The van der Waals surface area contributed by atoms with E-state index in [2.05, 4.69) is 25.5 Å². The Morgan fingerprint density at radius 1 is 1.22 bits per heavy atom. The molecule has 0 aliphatic carbocycles. The second-order valence-corrected chi connectivity index (χ2v) is 7.64. The predicted octanol–water partition coefficient (Wildman–Crippen LogP) is 2.41. The van der Waals surface area contributed by atoms with Crippen molar-refractivity contribution in [2.24, 2.45) is 0 Å². The van der Waals surface area contributed by atoms with Crippen molar-refractivity contribution in [2.45, 2.75) is 26.4 Å². The minimum Gasteiger partial charge on any atom is -0.444 e. The second kappa shape index (κ2) is 7.59. The maximum absolute atomic E-state index is 12.2. The molecule has 1 amide bonds. The molecule has 10 heteroatoms. The van der Waals surface area contributed by atoms with Gasteiger partial charge in [-0.05, 0) is 20.8 Å². The van der Waals surface area contributed by atoms with Crippen LogP contribution in [0.15, 0.2) is 18.5 Å². The normalized spacial score (nSPS) is 15.0. The second-order valence-electron chi connectivity index (χ2n) is 7.25. The predicted molar refractivity (Wildman–Crippen MR) is 104 cm³/mol. The summed E-state index contributed by atoms with van der Waals surface area (Å²) in [5, 5.41) is 15.6. The molecule has 1 fully saturated rings. The van der Waals surface area contributed by atoms with Gasteiger partial charge in [0.25, 0.3) is 0 Å². The summed E-state index contributed by atoms with van der Waals surface area (Å²) in [7, 11) is 1.77. The van der Waals surface area contributed by atoms with E-state index in [1.54, 1.807) is 28.9 Å². The number of nitrogens with zero attached hydrogens (tertiary/aromatic N) is 6. The number of halogens is 1. The molecule has 146 valence electrons. The minimum atomic E-state index is -0.486. The Bertz CT molecular complexity index is 810. The fourth-order valence-corrected chi connectivity index (χ4v) is 2.93. The van der Waals surface area contributed by atoms with Gasteiger partial charge in [-0.25, -0.2) is 9.48 Å². The van der Waals surface area contributed by atoms with Gasteiger partial charge in [-0.3, -0.25) is 0 Å². The molecule has 1 aliphatic rings. The van der Waals surface area contributed by atoms with Crippen molar-refractivity contribution < 1.29 is 9.53 Å². The van der Waals surface area contributed by atoms with E-state index in [0.717, 1.165) is 11.4 Å². The molecule has 9 nitrogen and oxygen atoms in total. The number of amides is 1. The summed E-state index contributed by atoms with van der Waals surface area (Å²) < 4.78 is 7.15. The number of carbonyl (C=O) groups is 1. The van der Waals surface area contributed by atoms with Gasteiger partial charge in [-0.1, -0.05) is 11.6 Å². The lowest BCUT2D eigenvalue weighted by molar-refractivity contribution is 0.0240. The van der Waals surface area contributed by atoms with E-state index in [0.29, 0.717) is 37.1 Å². The molecule has 1 N–H and O–H groups in total. The topological polar surface area (TPSA) is 88.4 Å². The van der Waals surface area contributed by atoms with E-state index < -0.39 is 5.60 Å². The van der Waals surface area contributed by atoms with E-state index in [-0.39, 0.29) is 6.09 Å². The van der Waals surface area contributed by atoms with Crippen LogP contribution in [0, 0.1) is 0 Å². The third-order valence-corrected chi connectivity index (χ3v) is 4.28. The molecule has 3 rings (SSSR count). The van der Waals surface area contributed by atoms with E-state index in [9.17, 15) is 4.79 Å². The molecule has 27 heavy (non-hydrogen) atoms. The molecule has 0 bridgehead atoms. The van der Waals surface area contributed by atoms with Crippen LogP contribution in [-0.4, -0.2) is 69.8 Å². The lowest BCUT2D eigenvalue weighted by Crippen LogP contribution is -2.50. The number of piperazine rings is 1. The molecule has 0 saturated carbocycles. The number of hydrogen-bond donors (Lipinski definition) is 1. The van der Waals surface area contributed by atoms with Crippen molar-refractivity contribution in [1.29, 1.82) is 0 Å². The largest absolute Gasteiger partial charge is 0.444 e. The van der Waals surface area contributed by atoms with E-state index >= 15 is 0 Å². The van der Waals surface area contributed by atoms with Gasteiger partial charge in [-0.2, -0.15) is 5.10 Å². The summed E-state index contributed by atoms with van der Waals surface area (Å²) >= 11 is 5.97. The van der Waals surface area contributed by atoms with Crippen LogP contribution in [0.4, 0.5) is 16.3 Å². The zero-order valence-electron chi connectivity index (χ0n) is 15.9. The fourth-order valence-electron chi connectivity index (χ4n) is 2.79. The molecular formula is C17H24ClN7O2. The van der Waals surface area contributed by atoms with Crippen LogP contribution in [0.25, 0.3) is 5.69 Å². The first-order chi connectivity index (χ1) is 12.8. The average Bonchev–Trinajstić information content (AvgIpc) is 3.10. The number of aromatic nitrogens is 4. The van der Waals surface area contributed by atoms with Crippen LogP contribution in [0.1, 0.15) is 20.8 Å². The molecule has 1 saturated heterocycles. The van der Waals surface area contributed by atoms with Crippen LogP contribution in [-0.2, 0) is 4.74 Å². The summed E-state index contributed by atoms with van der Waals surface area (Å²) in [6.07, 6.45) is 3.43. The van der Waals surface area contributed by atoms with E-state index in [1.165, 1.54) is 0 Å². The molecule has 3 heterocycles. The van der Waals surface area contributed by atoms with Gasteiger partial charge in [0.1, 0.15) is 11.3 Å². The Hall–Kier alpha value is -2.55. The number of carbonyl (C=O) groups excluding carboxylic acids is 1. The van der Waals surface area contributed by atoms with E-state index in [1.807, 2.05) is 27.0 Å². The SMILES string of the molecule is CNc1nnc(Cl)cc1-n1cc(N2CCN(C(=O)OC(C)(C)C)CC2)cn1. The van der Waals surface area contributed by atoms with Gasteiger partial charge in [0, 0.05) is 39.3 Å². The first kappa shape index (κ1) is 19.2. The van der Waals surface area contributed by atoms with Gasteiger partial charge in [0.05, 0.1) is 18.1 Å².